The molecule has 4 aromatic rings. The van der Waals surface area contributed by atoms with Crippen LogP contribution in [0.2, 0.25) is 5.02 Å². The Morgan fingerprint density at radius 3 is 3.00 bits per heavy atom. The van der Waals surface area contributed by atoms with Gasteiger partial charge in [0.05, 0.1) is 46.9 Å². The Morgan fingerprint density at radius 1 is 1.33 bits per heavy atom. The normalized spacial score (nSPS) is 16.2. The lowest BCUT2D eigenvalue weighted by molar-refractivity contribution is 0.215. The second-order valence-corrected chi connectivity index (χ2v) is 8.38. The predicted octanol–water partition coefficient (Wildman–Crippen LogP) is 3.39. The van der Waals surface area contributed by atoms with E-state index in [0.29, 0.717) is 35.2 Å². The molecule has 1 atom stereocenters. The van der Waals surface area contributed by atoms with Gasteiger partial charge in [-0.05, 0) is 30.5 Å². The highest BCUT2D eigenvalue weighted by Crippen LogP contribution is 2.38. The molecule has 11 heteroatoms. The highest BCUT2D eigenvalue weighted by molar-refractivity contribution is 6.35. The van der Waals surface area contributed by atoms with E-state index in [1.807, 2.05) is 12.1 Å². The van der Waals surface area contributed by atoms with E-state index in [-0.39, 0.29) is 6.04 Å². The van der Waals surface area contributed by atoms with Gasteiger partial charge in [0.1, 0.15) is 5.65 Å². The molecule has 0 aliphatic carbocycles. The monoisotopic (exact) mass is 466 g/mol. The molecule has 4 aromatic heterocycles. The van der Waals surface area contributed by atoms with E-state index in [0.717, 1.165) is 36.0 Å². The van der Waals surface area contributed by atoms with Crippen molar-refractivity contribution in [2.45, 2.75) is 25.4 Å². The number of aromatic nitrogens is 5. The number of ether oxygens (including phenoxy) is 1. The van der Waals surface area contributed by atoms with Gasteiger partial charge in [0.2, 0.25) is 0 Å². The number of aromatic amines is 1. The average molecular weight is 467 g/mol. The first-order valence-electron chi connectivity index (χ1n) is 10.6. The Kier molecular flexibility index (Phi) is 5.84. The number of hydrogen-bond donors (Lipinski definition) is 3. The summed E-state index contributed by atoms with van der Waals surface area (Å²) in [7, 11) is 0. The molecule has 4 N–H and O–H groups in total. The molecule has 5 rings (SSSR count). The lowest BCUT2D eigenvalue weighted by atomic mass is 10.1. The number of nitrogens with two attached hydrogens (primary N) is 1. The number of piperidine rings is 1. The summed E-state index contributed by atoms with van der Waals surface area (Å²) in [6, 6.07) is 3.87. The second-order valence-electron chi connectivity index (χ2n) is 7.97. The van der Waals surface area contributed by atoms with Gasteiger partial charge in [-0.2, -0.15) is 5.10 Å². The molecule has 0 radical (unpaired) electrons. The molecule has 170 valence electrons. The van der Waals surface area contributed by atoms with Crippen molar-refractivity contribution in [2.24, 2.45) is 5.73 Å². The Morgan fingerprint density at radius 2 is 2.18 bits per heavy atom. The molecule has 1 aliphatic rings. The number of halogens is 1. The minimum atomic E-state index is -0.638. The van der Waals surface area contributed by atoms with Gasteiger partial charge in [0.15, 0.2) is 5.75 Å². The Hall–Kier alpha value is -3.63. The summed E-state index contributed by atoms with van der Waals surface area (Å²) < 4.78 is 7.13. The van der Waals surface area contributed by atoms with E-state index >= 15 is 0 Å². The minimum Gasteiger partial charge on any atom is -0.407 e. The third-order valence-electron chi connectivity index (χ3n) is 5.55. The first-order valence-corrected chi connectivity index (χ1v) is 11.0. The molecule has 0 saturated carbocycles. The van der Waals surface area contributed by atoms with Gasteiger partial charge >= 0.3 is 6.09 Å². The van der Waals surface area contributed by atoms with E-state index in [2.05, 4.69) is 30.3 Å². The van der Waals surface area contributed by atoms with Gasteiger partial charge in [0, 0.05) is 37.7 Å². The van der Waals surface area contributed by atoms with Gasteiger partial charge in [-0.3, -0.25) is 15.0 Å². The Labute approximate surface area is 194 Å². The highest BCUT2D eigenvalue weighted by Gasteiger charge is 2.24. The number of nitrogens with one attached hydrogen (secondary N) is 2. The summed E-state index contributed by atoms with van der Waals surface area (Å²) in [6.07, 6.45) is 11.2. The predicted molar refractivity (Wildman–Crippen MR) is 126 cm³/mol. The SMILES string of the molecule is N[C@@H]1CCCN(c2c(Cl)cnc3[nH]cc(NC(=O)Oc4cnn(Cc5ccncc5)c4)c23)C1. The van der Waals surface area contributed by atoms with Gasteiger partial charge in [0.25, 0.3) is 0 Å². The van der Waals surface area contributed by atoms with Crippen LogP contribution < -0.4 is 20.7 Å². The molecular weight excluding hydrogens is 444 g/mol. The fraction of sp³-hybridized carbons (Fsp3) is 0.273. The summed E-state index contributed by atoms with van der Waals surface area (Å²) in [6.45, 7) is 2.06. The number of nitrogens with zero attached hydrogens (tertiary/aromatic N) is 5. The number of fused-ring (bicyclic) bond motifs is 1. The number of pyridine rings is 2. The molecule has 1 amide bonds. The highest BCUT2D eigenvalue weighted by atomic mass is 35.5. The van der Waals surface area contributed by atoms with Gasteiger partial charge in [-0.25, -0.2) is 9.78 Å². The number of carbonyl (C=O) groups excluding carboxylic acids is 1. The van der Waals surface area contributed by atoms with Crippen molar-refractivity contribution < 1.29 is 9.53 Å². The number of H-pyrrole nitrogens is 1. The molecule has 0 bridgehead atoms. The summed E-state index contributed by atoms with van der Waals surface area (Å²) >= 11 is 6.53. The molecule has 1 saturated heterocycles. The van der Waals surface area contributed by atoms with E-state index in [1.54, 1.807) is 35.7 Å². The van der Waals surface area contributed by atoms with E-state index in [1.165, 1.54) is 6.20 Å². The van der Waals surface area contributed by atoms with Crippen molar-refractivity contribution in [2.75, 3.05) is 23.3 Å². The van der Waals surface area contributed by atoms with Crippen LogP contribution in [-0.2, 0) is 6.54 Å². The molecule has 0 aromatic carbocycles. The van der Waals surface area contributed by atoms with Crippen LogP contribution in [-0.4, -0.2) is 50.0 Å². The smallest absolute Gasteiger partial charge is 0.407 e. The molecule has 33 heavy (non-hydrogen) atoms. The fourth-order valence-electron chi connectivity index (χ4n) is 4.08. The van der Waals surface area contributed by atoms with Crippen molar-refractivity contribution in [3.8, 4) is 5.75 Å². The van der Waals surface area contributed by atoms with Crippen LogP contribution in [0.3, 0.4) is 0 Å². The summed E-state index contributed by atoms with van der Waals surface area (Å²) in [5.74, 6) is 0.333. The topological polar surface area (TPSA) is 127 Å². The van der Waals surface area contributed by atoms with Crippen LogP contribution in [0.4, 0.5) is 16.2 Å². The maximum absolute atomic E-state index is 12.6. The number of rotatable bonds is 5. The van der Waals surface area contributed by atoms with Crippen LogP contribution in [0.5, 0.6) is 5.75 Å². The van der Waals surface area contributed by atoms with E-state index < -0.39 is 6.09 Å². The van der Waals surface area contributed by atoms with Gasteiger partial charge in [-0.15, -0.1) is 0 Å². The zero-order valence-electron chi connectivity index (χ0n) is 17.7. The Bertz CT molecular complexity index is 1270. The summed E-state index contributed by atoms with van der Waals surface area (Å²) in [5, 5.41) is 8.27. The van der Waals surface area contributed by atoms with Crippen LogP contribution in [0, 0.1) is 0 Å². The number of anilines is 2. The molecule has 5 heterocycles. The second kappa shape index (κ2) is 9.08. The molecule has 10 nitrogen and oxygen atoms in total. The Balaban J connectivity index is 1.33. The number of carbonyl (C=O) groups is 1. The lowest BCUT2D eigenvalue weighted by Gasteiger charge is -2.33. The van der Waals surface area contributed by atoms with Crippen LogP contribution in [0.1, 0.15) is 18.4 Å². The molecule has 0 spiro atoms. The third-order valence-corrected chi connectivity index (χ3v) is 5.83. The number of hydrogen-bond acceptors (Lipinski definition) is 7. The minimum absolute atomic E-state index is 0.0713. The number of amides is 1. The molecular formula is C22H23ClN8O2. The molecule has 1 fully saturated rings. The molecule has 0 unspecified atom stereocenters. The third kappa shape index (κ3) is 4.62. The fourth-order valence-corrected chi connectivity index (χ4v) is 4.34. The lowest BCUT2D eigenvalue weighted by Crippen LogP contribution is -2.43. The molecule has 1 aliphatic heterocycles. The first-order chi connectivity index (χ1) is 16.1. The standard InChI is InChI=1S/C22H23ClN8O2/c23-17-9-26-21-19(20(17)30-7-1-2-15(24)12-30)18(10-27-21)29-22(32)33-16-8-28-31(13-16)11-14-3-5-25-6-4-14/h3-6,8-10,13,15H,1-2,7,11-12,24H2,(H,26,27)(H,29,32)/t15-/m1/s1. The van der Waals surface area contributed by atoms with Gasteiger partial charge in [-0.1, -0.05) is 11.6 Å². The zero-order valence-corrected chi connectivity index (χ0v) is 18.5. The van der Waals surface area contributed by atoms with Crippen molar-refractivity contribution >= 4 is 40.1 Å². The maximum Gasteiger partial charge on any atom is 0.417 e. The van der Waals surface area contributed by atoms with Crippen LogP contribution >= 0.6 is 11.6 Å². The summed E-state index contributed by atoms with van der Waals surface area (Å²) in [4.78, 5) is 26.2. The van der Waals surface area contributed by atoms with Crippen molar-refractivity contribution in [1.82, 2.24) is 24.7 Å². The largest absolute Gasteiger partial charge is 0.417 e. The van der Waals surface area contributed by atoms with Crippen molar-refractivity contribution in [3.63, 3.8) is 0 Å². The average Bonchev–Trinajstić information content (AvgIpc) is 3.41. The zero-order chi connectivity index (χ0) is 22.8. The van der Waals surface area contributed by atoms with Crippen molar-refractivity contribution in [3.05, 3.63) is 59.9 Å². The van der Waals surface area contributed by atoms with E-state index in [4.69, 9.17) is 22.1 Å². The first kappa shape index (κ1) is 21.2. The maximum atomic E-state index is 12.6. The van der Waals surface area contributed by atoms with Crippen LogP contribution in [0.15, 0.2) is 49.3 Å². The van der Waals surface area contributed by atoms with Gasteiger partial charge < -0.3 is 20.4 Å². The van der Waals surface area contributed by atoms with Crippen molar-refractivity contribution in [1.29, 1.82) is 0 Å². The quantitative estimate of drug-likeness (QED) is 0.411. The van der Waals surface area contributed by atoms with E-state index in [9.17, 15) is 4.79 Å². The summed E-state index contributed by atoms with van der Waals surface area (Å²) in [5.41, 5.74) is 9.17. The van der Waals surface area contributed by atoms with Crippen LogP contribution in [0.25, 0.3) is 11.0 Å².